The molecule has 0 radical (unpaired) electrons. The number of pyridine rings is 2. The van der Waals surface area contributed by atoms with Gasteiger partial charge < -0.3 is 14.8 Å². The van der Waals surface area contributed by atoms with E-state index in [1.165, 1.54) is 0 Å². The second kappa shape index (κ2) is 6.58. The molecule has 2 rings (SSSR count). The summed E-state index contributed by atoms with van der Waals surface area (Å²) in [6.45, 7) is 3.17. The van der Waals surface area contributed by atoms with Gasteiger partial charge in [-0.2, -0.15) is 0 Å². The third-order valence-electron chi connectivity index (χ3n) is 2.49. The van der Waals surface area contributed by atoms with Crippen LogP contribution in [0.1, 0.15) is 12.6 Å². The first-order valence-corrected chi connectivity index (χ1v) is 6.14. The lowest BCUT2D eigenvalue weighted by Gasteiger charge is -2.07. The van der Waals surface area contributed by atoms with Crippen molar-refractivity contribution < 1.29 is 9.47 Å². The largest absolute Gasteiger partial charge is 0.481 e. The number of ether oxygens (including phenoxy) is 2. The lowest BCUT2D eigenvalue weighted by molar-refractivity contribution is 0.327. The second-order valence-electron chi connectivity index (χ2n) is 3.84. The molecule has 0 fully saturated rings. The molecule has 5 nitrogen and oxygen atoms in total. The van der Waals surface area contributed by atoms with Crippen molar-refractivity contribution in [2.75, 3.05) is 19.0 Å². The number of rotatable bonds is 6. The van der Waals surface area contributed by atoms with Crippen molar-refractivity contribution in [3.8, 4) is 11.8 Å². The van der Waals surface area contributed by atoms with E-state index in [9.17, 15) is 0 Å². The molecule has 2 heterocycles. The van der Waals surface area contributed by atoms with Gasteiger partial charge in [0.1, 0.15) is 0 Å². The molecule has 0 amide bonds. The highest BCUT2D eigenvalue weighted by molar-refractivity contribution is 5.42. The monoisotopic (exact) mass is 259 g/mol. The topological polar surface area (TPSA) is 56.3 Å². The van der Waals surface area contributed by atoms with Gasteiger partial charge in [-0.1, -0.05) is 6.07 Å². The van der Waals surface area contributed by atoms with Crippen LogP contribution in [0.5, 0.6) is 11.8 Å². The Morgan fingerprint density at radius 1 is 1.16 bits per heavy atom. The van der Waals surface area contributed by atoms with Gasteiger partial charge in [0.25, 0.3) is 0 Å². The standard InChI is InChI=1S/C14H17N3O2/c1-3-19-13-8-7-11(9-16-13)15-10-12-5-4-6-14(17-12)18-2/h4-9,15H,3,10H2,1-2H3. The minimum Gasteiger partial charge on any atom is -0.481 e. The summed E-state index contributed by atoms with van der Waals surface area (Å²) in [5.41, 5.74) is 1.83. The van der Waals surface area contributed by atoms with E-state index in [0.29, 0.717) is 24.9 Å². The van der Waals surface area contributed by atoms with E-state index in [1.54, 1.807) is 13.3 Å². The number of anilines is 1. The SMILES string of the molecule is CCOc1ccc(NCc2cccc(OC)n2)cn1. The van der Waals surface area contributed by atoms with E-state index in [0.717, 1.165) is 11.4 Å². The summed E-state index contributed by atoms with van der Waals surface area (Å²) in [6, 6.07) is 9.45. The smallest absolute Gasteiger partial charge is 0.213 e. The van der Waals surface area contributed by atoms with Crippen LogP contribution in [0.25, 0.3) is 0 Å². The maximum absolute atomic E-state index is 5.29. The Morgan fingerprint density at radius 2 is 2.05 bits per heavy atom. The fourth-order valence-corrected chi connectivity index (χ4v) is 1.58. The third kappa shape index (κ3) is 3.84. The summed E-state index contributed by atoms with van der Waals surface area (Å²) in [4.78, 5) is 8.51. The minimum atomic E-state index is 0.615. The number of methoxy groups -OCH3 is 1. The van der Waals surface area contributed by atoms with Gasteiger partial charge in [0.2, 0.25) is 11.8 Å². The van der Waals surface area contributed by atoms with Crippen molar-refractivity contribution in [1.29, 1.82) is 0 Å². The molecule has 0 aromatic carbocycles. The fourth-order valence-electron chi connectivity index (χ4n) is 1.58. The van der Waals surface area contributed by atoms with Crippen molar-refractivity contribution in [2.24, 2.45) is 0 Å². The molecule has 2 aromatic rings. The number of nitrogens with one attached hydrogen (secondary N) is 1. The van der Waals surface area contributed by atoms with Crippen LogP contribution in [-0.4, -0.2) is 23.7 Å². The molecule has 19 heavy (non-hydrogen) atoms. The molecule has 0 aliphatic rings. The first-order valence-electron chi connectivity index (χ1n) is 6.14. The van der Waals surface area contributed by atoms with Gasteiger partial charge in [-0.15, -0.1) is 0 Å². The Hall–Kier alpha value is -2.30. The maximum Gasteiger partial charge on any atom is 0.213 e. The van der Waals surface area contributed by atoms with Crippen LogP contribution in [0, 0.1) is 0 Å². The summed E-state index contributed by atoms with van der Waals surface area (Å²) in [5.74, 6) is 1.25. The number of nitrogens with zero attached hydrogens (tertiary/aromatic N) is 2. The Bertz CT molecular complexity index is 514. The van der Waals surface area contributed by atoms with Crippen LogP contribution in [0.2, 0.25) is 0 Å². The highest BCUT2D eigenvalue weighted by Gasteiger charge is 1.99. The number of hydrogen-bond donors (Lipinski definition) is 1. The minimum absolute atomic E-state index is 0.615. The molecule has 100 valence electrons. The van der Waals surface area contributed by atoms with Crippen molar-refractivity contribution >= 4 is 5.69 Å². The van der Waals surface area contributed by atoms with Crippen LogP contribution in [0.4, 0.5) is 5.69 Å². The van der Waals surface area contributed by atoms with Gasteiger partial charge in [0.15, 0.2) is 0 Å². The highest BCUT2D eigenvalue weighted by Crippen LogP contribution is 2.13. The van der Waals surface area contributed by atoms with Crippen molar-refractivity contribution in [3.63, 3.8) is 0 Å². The molecule has 0 saturated carbocycles. The van der Waals surface area contributed by atoms with Crippen LogP contribution in [0.15, 0.2) is 36.5 Å². The van der Waals surface area contributed by atoms with E-state index < -0.39 is 0 Å². The molecular formula is C14H17N3O2. The quantitative estimate of drug-likeness (QED) is 0.863. The zero-order valence-electron chi connectivity index (χ0n) is 11.1. The van der Waals surface area contributed by atoms with Gasteiger partial charge in [0.05, 0.1) is 37.8 Å². The molecule has 0 aliphatic carbocycles. The van der Waals surface area contributed by atoms with Gasteiger partial charge in [-0.3, -0.25) is 0 Å². The molecule has 0 bridgehead atoms. The predicted octanol–water partition coefficient (Wildman–Crippen LogP) is 2.50. The number of aromatic nitrogens is 2. The zero-order valence-corrected chi connectivity index (χ0v) is 11.1. The summed E-state index contributed by atoms with van der Waals surface area (Å²) >= 11 is 0. The van der Waals surface area contributed by atoms with E-state index in [4.69, 9.17) is 9.47 Å². The van der Waals surface area contributed by atoms with Crippen molar-refractivity contribution in [1.82, 2.24) is 9.97 Å². The molecule has 2 aromatic heterocycles. The Kier molecular flexibility index (Phi) is 4.55. The van der Waals surface area contributed by atoms with Gasteiger partial charge in [-0.05, 0) is 19.1 Å². The van der Waals surface area contributed by atoms with Crippen LogP contribution in [0.3, 0.4) is 0 Å². The van der Waals surface area contributed by atoms with E-state index in [1.807, 2.05) is 37.3 Å². The third-order valence-corrected chi connectivity index (χ3v) is 2.49. The molecule has 0 aliphatic heterocycles. The maximum atomic E-state index is 5.29. The van der Waals surface area contributed by atoms with Crippen molar-refractivity contribution in [2.45, 2.75) is 13.5 Å². The summed E-state index contributed by atoms with van der Waals surface area (Å²) in [6.07, 6.45) is 1.74. The van der Waals surface area contributed by atoms with Crippen LogP contribution in [-0.2, 0) is 6.54 Å². The molecule has 0 spiro atoms. The molecule has 0 unspecified atom stereocenters. The van der Waals surface area contributed by atoms with E-state index >= 15 is 0 Å². The fraction of sp³-hybridized carbons (Fsp3) is 0.286. The summed E-state index contributed by atoms with van der Waals surface area (Å²) in [7, 11) is 1.61. The summed E-state index contributed by atoms with van der Waals surface area (Å²) in [5, 5.41) is 3.25. The molecule has 5 heteroatoms. The van der Waals surface area contributed by atoms with Gasteiger partial charge >= 0.3 is 0 Å². The summed E-state index contributed by atoms with van der Waals surface area (Å²) < 4.78 is 10.4. The highest BCUT2D eigenvalue weighted by atomic mass is 16.5. The first-order chi connectivity index (χ1) is 9.31. The molecule has 0 saturated heterocycles. The van der Waals surface area contributed by atoms with E-state index in [2.05, 4.69) is 15.3 Å². The van der Waals surface area contributed by atoms with Gasteiger partial charge in [-0.25, -0.2) is 9.97 Å². The van der Waals surface area contributed by atoms with Crippen molar-refractivity contribution in [3.05, 3.63) is 42.2 Å². The van der Waals surface area contributed by atoms with E-state index in [-0.39, 0.29) is 0 Å². The van der Waals surface area contributed by atoms with Crippen LogP contribution >= 0.6 is 0 Å². The number of hydrogen-bond acceptors (Lipinski definition) is 5. The molecular weight excluding hydrogens is 242 g/mol. The first kappa shape index (κ1) is 13.1. The lowest BCUT2D eigenvalue weighted by Crippen LogP contribution is -2.03. The average molecular weight is 259 g/mol. The van der Waals surface area contributed by atoms with Crippen LogP contribution < -0.4 is 14.8 Å². The predicted molar refractivity (Wildman–Crippen MR) is 73.5 cm³/mol. The van der Waals surface area contributed by atoms with Gasteiger partial charge in [0, 0.05) is 12.1 Å². The average Bonchev–Trinajstić information content (AvgIpc) is 2.47. The second-order valence-corrected chi connectivity index (χ2v) is 3.84. The molecule has 1 N–H and O–H groups in total. The Labute approximate surface area is 112 Å². The normalized spacial score (nSPS) is 10.0. The zero-order chi connectivity index (χ0) is 13.5. The Morgan fingerprint density at radius 3 is 2.74 bits per heavy atom. The molecule has 0 atom stereocenters. The Balaban J connectivity index is 1.94. The lowest BCUT2D eigenvalue weighted by atomic mass is 10.3.